The molecule has 0 spiro atoms. The third kappa shape index (κ3) is 4.30. The summed E-state index contributed by atoms with van der Waals surface area (Å²) in [6.45, 7) is 1.73. The Labute approximate surface area is 179 Å². The van der Waals surface area contributed by atoms with Crippen molar-refractivity contribution in [1.82, 2.24) is 14.9 Å². The van der Waals surface area contributed by atoms with Gasteiger partial charge in [-0.1, -0.05) is 51.4 Å². The molecule has 3 aromatic rings. The first-order chi connectivity index (χ1) is 13.4. The number of benzene rings is 2. The predicted molar refractivity (Wildman–Crippen MR) is 113 cm³/mol. The monoisotopic (exact) mass is 476 g/mol. The number of anilines is 1. The van der Waals surface area contributed by atoms with Crippen molar-refractivity contribution in [2.24, 2.45) is 0 Å². The molecule has 1 atom stereocenters. The molecule has 3 N–H and O–H groups in total. The highest BCUT2D eigenvalue weighted by Crippen LogP contribution is 2.29. The third-order valence-corrected chi connectivity index (χ3v) is 5.85. The summed E-state index contributed by atoms with van der Waals surface area (Å²) in [7, 11) is 0. The first kappa shape index (κ1) is 20.2. The van der Waals surface area contributed by atoms with Crippen LogP contribution in [0.15, 0.2) is 52.1 Å². The third-order valence-electron chi connectivity index (χ3n) is 3.79. The number of hydrogen-bond donors (Lipinski definition) is 2. The number of nitrogens with two attached hydrogens (primary N) is 1. The topological polar surface area (TPSA) is 110 Å². The van der Waals surface area contributed by atoms with Gasteiger partial charge in [0.25, 0.3) is 0 Å². The van der Waals surface area contributed by atoms with Crippen molar-refractivity contribution in [3.05, 3.63) is 57.5 Å². The van der Waals surface area contributed by atoms with E-state index in [0.29, 0.717) is 22.2 Å². The Balaban J connectivity index is 1.72. The fourth-order valence-corrected chi connectivity index (χ4v) is 3.78. The predicted octanol–water partition coefficient (Wildman–Crippen LogP) is 4.07. The van der Waals surface area contributed by atoms with Crippen LogP contribution in [0.5, 0.6) is 0 Å². The molecule has 0 saturated carbocycles. The lowest BCUT2D eigenvalue weighted by atomic mass is 10.2. The van der Waals surface area contributed by atoms with Crippen molar-refractivity contribution < 1.29 is 4.79 Å². The first-order valence-electron chi connectivity index (χ1n) is 8.03. The number of carbonyl (C=O) groups excluding carboxylic acids is 1. The quantitative estimate of drug-likeness (QED) is 0.423. The van der Waals surface area contributed by atoms with E-state index in [1.54, 1.807) is 19.1 Å². The van der Waals surface area contributed by atoms with Crippen LogP contribution >= 0.6 is 39.3 Å². The van der Waals surface area contributed by atoms with Crippen LogP contribution in [0.25, 0.3) is 11.4 Å². The number of nitrogens with one attached hydrogen (secondary N) is 1. The fourth-order valence-electron chi connectivity index (χ4n) is 2.32. The van der Waals surface area contributed by atoms with Crippen molar-refractivity contribution in [3.63, 3.8) is 0 Å². The van der Waals surface area contributed by atoms with Gasteiger partial charge in [-0.05, 0) is 37.3 Å². The molecule has 3 rings (SSSR count). The molecule has 0 fully saturated rings. The Bertz CT molecular complexity index is 1080. The zero-order chi connectivity index (χ0) is 20.3. The first-order valence-corrected chi connectivity index (χ1v) is 10.1. The van der Waals surface area contributed by atoms with E-state index in [2.05, 4.69) is 31.4 Å². The lowest BCUT2D eigenvalue weighted by molar-refractivity contribution is -0.115. The number of nitrogens with zero attached hydrogens (tertiary/aromatic N) is 4. The van der Waals surface area contributed by atoms with Crippen LogP contribution < -0.4 is 11.2 Å². The van der Waals surface area contributed by atoms with E-state index in [1.807, 2.05) is 30.3 Å². The van der Waals surface area contributed by atoms with Crippen molar-refractivity contribution >= 4 is 50.9 Å². The zero-order valence-corrected chi connectivity index (χ0v) is 17.7. The standard InChI is InChI=1S/C18H14BrClN6OS/c1-10(17(27)23-12-7-6-11(9-21)15(20)8-12)28-18-25-24-16(26(18)22)13-4-2-3-5-14(13)19/h2-8,10H,22H2,1H3,(H,23,27). The molecule has 1 amide bonds. The van der Waals surface area contributed by atoms with Crippen molar-refractivity contribution in [2.75, 3.05) is 11.2 Å². The number of thioether (sulfide) groups is 1. The Morgan fingerprint density at radius 2 is 2.11 bits per heavy atom. The summed E-state index contributed by atoms with van der Waals surface area (Å²) >= 11 is 10.6. The second-order valence-corrected chi connectivity index (χ2v) is 8.28. The minimum atomic E-state index is -0.493. The molecule has 0 radical (unpaired) electrons. The van der Waals surface area contributed by atoms with E-state index >= 15 is 0 Å². The highest BCUT2D eigenvalue weighted by atomic mass is 79.9. The number of nitrogen functional groups attached to an aromatic ring is 1. The summed E-state index contributed by atoms with van der Waals surface area (Å²) in [6, 6.07) is 14.2. The average Bonchev–Trinajstić information content (AvgIpc) is 3.02. The van der Waals surface area contributed by atoms with E-state index in [-0.39, 0.29) is 10.9 Å². The molecule has 2 aromatic carbocycles. The summed E-state index contributed by atoms with van der Waals surface area (Å²) in [5.41, 5.74) is 1.65. The molecule has 10 heteroatoms. The molecule has 0 aliphatic carbocycles. The van der Waals surface area contributed by atoms with Crippen LogP contribution in [0.1, 0.15) is 12.5 Å². The molecule has 1 unspecified atom stereocenters. The van der Waals surface area contributed by atoms with E-state index in [1.165, 1.54) is 22.5 Å². The Morgan fingerprint density at radius 1 is 1.36 bits per heavy atom. The number of nitriles is 1. The van der Waals surface area contributed by atoms with Crippen LogP contribution in [0.2, 0.25) is 5.02 Å². The summed E-state index contributed by atoms with van der Waals surface area (Å²) < 4.78 is 2.20. The van der Waals surface area contributed by atoms with Gasteiger partial charge in [0, 0.05) is 15.7 Å². The number of hydrogen-bond acceptors (Lipinski definition) is 6. The molecule has 28 heavy (non-hydrogen) atoms. The maximum absolute atomic E-state index is 12.5. The SMILES string of the molecule is CC(Sc1nnc(-c2ccccc2Br)n1N)C(=O)Nc1ccc(C#N)c(Cl)c1. The van der Waals surface area contributed by atoms with Crippen molar-refractivity contribution in [3.8, 4) is 17.5 Å². The number of amides is 1. The second kappa shape index (κ2) is 8.65. The number of halogens is 2. The number of aromatic nitrogens is 3. The molecular weight excluding hydrogens is 464 g/mol. The van der Waals surface area contributed by atoms with Crippen LogP contribution in [0.3, 0.4) is 0 Å². The molecule has 1 aromatic heterocycles. The maximum atomic E-state index is 12.5. The van der Waals surface area contributed by atoms with Gasteiger partial charge in [0.05, 0.1) is 15.8 Å². The molecule has 0 aliphatic heterocycles. The largest absolute Gasteiger partial charge is 0.335 e. The molecule has 7 nitrogen and oxygen atoms in total. The normalized spacial score (nSPS) is 11.6. The summed E-state index contributed by atoms with van der Waals surface area (Å²) in [4.78, 5) is 12.5. The highest BCUT2D eigenvalue weighted by molar-refractivity contribution is 9.10. The highest BCUT2D eigenvalue weighted by Gasteiger charge is 2.21. The van der Waals surface area contributed by atoms with Crippen LogP contribution in [0.4, 0.5) is 5.69 Å². The number of carbonyl (C=O) groups is 1. The molecule has 142 valence electrons. The Kier molecular flexibility index (Phi) is 6.24. The smallest absolute Gasteiger partial charge is 0.237 e. The van der Waals surface area contributed by atoms with Gasteiger partial charge < -0.3 is 11.2 Å². The molecular formula is C18H14BrClN6OS. The van der Waals surface area contributed by atoms with Gasteiger partial charge in [-0.15, -0.1) is 10.2 Å². The van der Waals surface area contributed by atoms with Crippen LogP contribution in [-0.4, -0.2) is 26.0 Å². The molecule has 0 saturated heterocycles. The molecule has 0 bridgehead atoms. The Morgan fingerprint density at radius 3 is 2.79 bits per heavy atom. The van der Waals surface area contributed by atoms with Gasteiger partial charge in [-0.25, -0.2) is 4.68 Å². The van der Waals surface area contributed by atoms with Gasteiger partial charge in [-0.3, -0.25) is 4.79 Å². The summed E-state index contributed by atoms with van der Waals surface area (Å²) in [5, 5.41) is 20.1. The molecule has 1 heterocycles. The van der Waals surface area contributed by atoms with Gasteiger partial charge in [0.15, 0.2) is 5.82 Å². The van der Waals surface area contributed by atoms with E-state index in [0.717, 1.165) is 10.0 Å². The van der Waals surface area contributed by atoms with Crippen LogP contribution in [0, 0.1) is 11.3 Å². The minimum absolute atomic E-state index is 0.254. The van der Waals surface area contributed by atoms with Gasteiger partial charge in [-0.2, -0.15) is 5.26 Å². The van der Waals surface area contributed by atoms with Crippen LogP contribution in [-0.2, 0) is 4.79 Å². The van der Waals surface area contributed by atoms with Gasteiger partial charge >= 0.3 is 0 Å². The van der Waals surface area contributed by atoms with E-state index in [4.69, 9.17) is 22.7 Å². The van der Waals surface area contributed by atoms with Gasteiger partial charge in [0.2, 0.25) is 11.1 Å². The van der Waals surface area contributed by atoms with Crippen molar-refractivity contribution in [1.29, 1.82) is 5.26 Å². The lowest BCUT2D eigenvalue weighted by Crippen LogP contribution is -2.23. The summed E-state index contributed by atoms with van der Waals surface area (Å²) in [5.74, 6) is 6.36. The maximum Gasteiger partial charge on any atom is 0.237 e. The fraction of sp³-hybridized carbons (Fsp3) is 0.111. The Hall–Kier alpha value is -2.54. The minimum Gasteiger partial charge on any atom is -0.335 e. The average molecular weight is 478 g/mol. The number of rotatable bonds is 5. The van der Waals surface area contributed by atoms with E-state index in [9.17, 15) is 4.79 Å². The van der Waals surface area contributed by atoms with E-state index < -0.39 is 5.25 Å². The molecule has 0 aliphatic rings. The zero-order valence-electron chi connectivity index (χ0n) is 14.6. The van der Waals surface area contributed by atoms with Gasteiger partial charge in [0.1, 0.15) is 6.07 Å². The second-order valence-electron chi connectivity index (χ2n) is 5.71. The lowest BCUT2D eigenvalue weighted by Gasteiger charge is -2.12. The summed E-state index contributed by atoms with van der Waals surface area (Å²) in [6.07, 6.45) is 0. The van der Waals surface area contributed by atoms with Crippen molar-refractivity contribution in [2.45, 2.75) is 17.3 Å².